The van der Waals surface area contributed by atoms with Gasteiger partial charge in [0, 0.05) is 18.1 Å². The molecule has 4 rings (SSSR count). The number of aryl methyl sites for hydroxylation is 2. The van der Waals surface area contributed by atoms with Gasteiger partial charge >= 0.3 is 5.69 Å². The molecule has 0 N–H and O–H groups in total. The van der Waals surface area contributed by atoms with Gasteiger partial charge in [-0.15, -0.1) is 5.92 Å². The third kappa shape index (κ3) is 3.03. The summed E-state index contributed by atoms with van der Waals surface area (Å²) in [6, 6.07) is 7.60. The molecule has 0 atom stereocenters. The quantitative estimate of drug-likeness (QED) is 0.367. The van der Waals surface area contributed by atoms with Crippen molar-refractivity contribution in [2.45, 2.75) is 26.9 Å². The van der Waals surface area contributed by atoms with Crippen LogP contribution in [0.2, 0.25) is 0 Å². The van der Waals surface area contributed by atoms with Crippen LogP contribution in [0.1, 0.15) is 18.4 Å². The molecule has 0 saturated heterocycles. The molecule has 29 heavy (non-hydrogen) atoms. The number of nitrogens with zero attached hydrogens (tertiary/aromatic N) is 6. The summed E-state index contributed by atoms with van der Waals surface area (Å²) in [6.45, 7) is 3.72. The Kier molecular flexibility index (Phi) is 4.55. The van der Waals surface area contributed by atoms with E-state index in [2.05, 4.69) is 26.8 Å². The molecule has 0 amide bonds. The molecule has 0 fully saturated rings. The second-order valence-corrected chi connectivity index (χ2v) is 6.63. The van der Waals surface area contributed by atoms with E-state index in [0.29, 0.717) is 5.82 Å². The number of imidazole rings is 1. The van der Waals surface area contributed by atoms with Crippen molar-refractivity contribution in [2.75, 3.05) is 0 Å². The Labute approximate surface area is 167 Å². The maximum Gasteiger partial charge on any atom is 0.332 e. The van der Waals surface area contributed by atoms with Gasteiger partial charge in [0.15, 0.2) is 19.0 Å². The molecule has 3 heterocycles. The smallest absolute Gasteiger partial charge is 0.320 e. The summed E-state index contributed by atoms with van der Waals surface area (Å²) in [5.74, 6) is 6.03. The lowest BCUT2D eigenvalue weighted by atomic mass is 10.1. The van der Waals surface area contributed by atoms with E-state index in [0.717, 1.165) is 21.2 Å². The van der Waals surface area contributed by atoms with Gasteiger partial charge in [0.2, 0.25) is 0 Å². The summed E-state index contributed by atoms with van der Waals surface area (Å²) in [5, 5.41) is 0.927. The summed E-state index contributed by atoms with van der Waals surface area (Å²) >= 11 is 0. The third-order valence-corrected chi connectivity index (χ3v) is 4.82. The standard InChI is InChI=1S/C20H17BN6O2/c1-4-5-10-26-16-17(24-19(26)21)25(3)20(29)27(18(16)28)11-15-22-12(2)13-8-6-7-9-14(13)23-15/h6-9H,10-11H2,1-3H3. The first-order valence-electron chi connectivity index (χ1n) is 8.99. The van der Waals surface area contributed by atoms with Crippen LogP contribution in [0.3, 0.4) is 0 Å². The van der Waals surface area contributed by atoms with Gasteiger partial charge in [0.1, 0.15) is 5.82 Å². The molecular formula is C20H17BN6O2. The van der Waals surface area contributed by atoms with Crippen molar-refractivity contribution in [3.63, 3.8) is 0 Å². The Morgan fingerprint density at radius 1 is 1.10 bits per heavy atom. The van der Waals surface area contributed by atoms with Crippen LogP contribution in [0.15, 0.2) is 33.9 Å². The molecule has 0 aliphatic carbocycles. The van der Waals surface area contributed by atoms with Gasteiger partial charge in [-0.3, -0.25) is 13.9 Å². The second kappa shape index (κ2) is 7.06. The SMILES string of the molecule is [B]c1nc2c(c(=O)n(Cc3nc(C)c4ccccc4n3)c(=O)n2C)n1CC#CC. The zero-order valence-corrected chi connectivity index (χ0v) is 16.3. The van der Waals surface area contributed by atoms with E-state index < -0.39 is 11.2 Å². The Morgan fingerprint density at radius 2 is 1.86 bits per heavy atom. The molecule has 0 unspecified atom stereocenters. The number of aromatic nitrogens is 6. The predicted octanol–water partition coefficient (Wildman–Crippen LogP) is 0.0137. The summed E-state index contributed by atoms with van der Waals surface area (Å²) in [5.41, 5.74) is 1.11. The van der Waals surface area contributed by atoms with Crippen molar-refractivity contribution in [1.29, 1.82) is 0 Å². The number of benzene rings is 1. The van der Waals surface area contributed by atoms with Crippen LogP contribution in [0.5, 0.6) is 0 Å². The van der Waals surface area contributed by atoms with Gasteiger partial charge in [-0.1, -0.05) is 24.1 Å². The van der Waals surface area contributed by atoms with E-state index >= 15 is 0 Å². The van der Waals surface area contributed by atoms with Crippen LogP contribution in [-0.4, -0.2) is 36.5 Å². The Balaban J connectivity index is 1.93. The molecule has 142 valence electrons. The third-order valence-electron chi connectivity index (χ3n) is 4.82. The highest BCUT2D eigenvalue weighted by Gasteiger charge is 2.19. The average Bonchev–Trinajstić information content (AvgIpc) is 3.04. The van der Waals surface area contributed by atoms with Gasteiger partial charge < -0.3 is 4.57 Å². The molecule has 4 aromatic rings. The van der Waals surface area contributed by atoms with Gasteiger partial charge in [-0.05, 0) is 19.9 Å². The van der Waals surface area contributed by atoms with E-state index in [9.17, 15) is 9.59 Å². The Morgan fingerprint density at radius 3 is 2.62 bits per heavy atom. The minimum atomic E-state index is -0.511. The van der Waals surface area contributed by atoms with Crippen molar-refractivity contribution in [2.24, 2.45) is 7.05 Å². The minimum Gasteiger partial charge on any atom is -0.320 e. The highest BCUT2D eigenvalue weighted by molar-refractivity contribution is 6.30. The number of hydrogen-bond acceptors (Lipinski definition) is 5. The van der Waals surface area contributed by atoms with Crippen LogP contribution >= 0.6 is 0 Å². The lowest BCUT2D eigenvalue weighted by Gasteiger charge is -2.10. The van der Waals surface area contributed by atoms with E-state index in [1.54, 1.807) is 14.0 Å². The molecular weight excluding hydrogens is 367 g/mol. The van der Waals surface area contributed by atoms with Gasteiger partial charge in [-0.2, -0.15) is 0 Å². The van der Waals surface area contributed by atoms with Gasteiger partial charge in [-0.25, -0.2) is 19.7 Å². The van der Waals surface area contributed by atoms with E-state index in [1.807, 2.05) is 31.2 Å². The van der Waals surface area contributed by atoms with Gasteiger partial charge in [0.05, 0.1) is 24.3 Å². The second-order valence-electron chi connectivity index (χ2n) is 6.63. The first-order chi connectivity index (χ1) is 13.9. The fourth-order valence-corrected chi connectivity index (χ4v) is 3.35. The largest absolute Gasteiger partial charge is 0.332 e. The number of para-hydroxylation sites is 1. The highest BCUT2D eigenvalue weighted by Crippen LogP contribution is 2.14. The fourth-order valence-electron chi connectivity index (χ4n) is 3.35. The van der Waals surface area contributed by atoms with Crippen LogP contribution < -0.4 is 17.0 Å². The molecule has 3 aromatic heterocycles. The molecule has 2 radical (unpaired) electrons. The Bertz CT molecular complexity index is 1450. The molecule has 0 spiro atoms. The summed E-state index contributed by atoms with van der Waals surface area (Å²) in [6.07, 6.45) is 0. The van der Waals surface area contributed by atoms with Crippen molar-refractivity contribution >= 4 is 35.6 Å². The topological polar surface area (TPSA) is 87.6 Å². The zero-order valence-electron chi connectivity index (χ0n) is 16.3. The van der Waals surface area contributed by atoms with Crippen LogP contribution in [0.4, 0.5) is 0 Å². The van der Waals surface area contributed by atoms with Gasteiger partial charge in [0.25, 0.3) is 5.56 Å². The Hall–Kier alpha value is -3.67. The lowest BCUT2D eigenvalue weighted by Crippen LogP contribution is -2.40. The molecule has 1 aromatic carbocycles. The molecule has 0 bridgehead atoms. The van der Waals surface area contributed by atoms with E-state index in [4.69, 9.17) is 7.85 Å². The number of rotatable bonds is 3. The number of hydrogen-bond donors (Lipinski definition) is 0. The first kappa shape index (κ1) is 18.7. The minimum absolute atomic E-state index is 0.0579. The zero-order chi connectivity index (χ0) is 20.7. The van der Waals surface area contributed by atoms with E-state index in [-0.39, 0.29) is 30.0 Å². The predicted molar refractivity (Wildman–Crippen MR) is 111 cm³/mol. The van der Waals surface area contributed by atoms with Crippen molar-refractivity contribution in [1.82, 2.24) is 28.7 Å². The maximum atomic E-state index is 13.2. The van der Waals surface area contributed by atoms with Crippen LogP contribution in [-0.2, 0) is 20.1 Å². The number of fused-ring (bicyclic) bond motifs is 2. The molecule has 0 aliphatic rings. The van der Waals surface area contributed by atoms with Crippen molar-refractivity contribution < 1.29 is 0 Å². The fraction of sp³-hybridized carbons (Fsp3) is 0.250. The first-order valence-corrected chi connectivity index (χ1v) is 8.99. The molecule has 0 saturated carbocycles. The molecule has 0 aliphatic heterocycles. The normalized spacial score (nSPS) is 11.0. The monoisotopic (exact) mass is 384 g/mol. The van der Waals surface area contributed by atoms with E-state index in [1.165, 1.54) is 9.13 Å². The summed E-state index contributed by atoms with van der Waals surface area (Å²) in [7, 11) is 7.51. The molecule has 8 nitrogen and oxygen atoms in total. The van der Waals surface area contributed by atoms with Crippen molar-refractivity contribution in [3.8, 4) is 11.8 Å². The average molecular weight is 384 g/mol. The maximum absolute atomic E-state index is 13.2. The van der Waals surface area contributed by atoms with Crippen LogP contribution in [0.25, 0.3) is 22.1 Å². The summed E-state index contributed by atoms with van der Waals surface area (Å²) < 4.78 is 3.91. The van der Waals surface area contributed by atoms with Crippen molar-refractivity contribution in [3.05, 3.63) is 56.6 Å². The highest BCUT2D eigenvalue weighted by atomic mass is 16.2. The lowest BCUT2D eigenvalue weighted by molar-refractivity contribution is 0.633. The molecule has 9 heteroatoms. The van der Waals surface area contributed by atoms with Crippen LogP contribution in [0, 0.1) is 18.8 Å². The summed E-state index contributed by atoms with van der Waals surface area (Å²) in [4.78, 5) is 39.2.